The Labute approximate surface area is 257 Å². The summed E-state index contributed by atoms with van der Waals surface area (Å²) in [5, 5.41) is 17.7. The van der Waals surface area contributed by atoms with Gasteiger partial charge < -0.3 is 30.9 Å². The van der Waals surface area contributed by atoms with E-state index in [9.17, 15) is 42.3 Å². The number of nitro benzene ring substituents is 1. The number of non-ortho nitro benzene ring substituents is 1. The maximum Gasteiger partial charge on any atom is 1.00 e. The van der Waals surface area contributed by atoms with Crippen molar-refractivity contribution in [3.63, 3.8) is 0 Å². The molecule has 1 aliphatic rings. The molecular weight excluding hydrogens is 601 g/mol. The molecule has 41 heavy (non-hydrogen) atoms. The van der Waals surface area contributed by atoms with Crippen molar-refractivity contribution in [2.45, 2.75) is 38.1 Å². The van der Waals surface area contributed by atoms with E-state index < -0.39 is 62.3 Å². The van der Waals surface area contributed by atoms with Crippen LogP contribution in [0.2, 0.25) is 0 Å². The third-order valence-electron chi connectivity index (χ3n) is 5.22. The van der Waals surface area contributed by atoms with Gasteiger partial charge in [0.25, 0.3) is 17.5 Å². The van der Waals surface area contributed by atoms with Gasteiger partial charge in [0, 0.05) is 17.5 Å². The second-order valence-electron chi connectivity index (χ2n) is 8.50. The number of thiazole rings is 1. The zero-order valence-electron chi connectivity index (χ0n) is 21.5. The SMILES string of the molecule is CC(C)(O/N=C(\C(=O)N[C@H]1C(=O)N(S(=O)(=O)[O-])[C@@H]1C(N)=O)c1csc(N)n1)C(=O)OCc1ccc([N+](=O)[O-])cc1.[Na+]. The molecule has 1 aromatic carbocycles. The van der Waals surface area contributed by atoms with Gasteiger partial charge in [-0.15, -0.1) is 11.3 Å². The molecule has 214 valence electrons. The van der Waals surface area contributed by atoms with Crippen LogP contribution in [0.15, 0.2) is 34.8 Å². The van der Waals surface area contributed by atoms with E-state index in [2.05, 4.69) is 10.1 Å². The number of benzene rings is 1. The van der Waals surface area contributed by atoms with Gasteiger partial charge in [0.1, 0.15) is 18.3 Å². The first kappa shape index (κ1) is 33.5. The summed E-state index contributed by atoms with van der Waals surface area (Å²) >= 11 is 0.893. The van der Waals surface area contributed by atoms with E-state index in [1.165, 1.54) is 43.5 Å². The van der Waals surface area contributed by atoms with Crippen molar-refractivity contribution < 1.29 is 76.2 Å². The van der Waals surface area contributed by atoms with E-state index in [-0.39, 0.29) is 57.0 Å². The molecule has 3 rings (SSSR count). The molecule has 2 aromatic rings. The molecule has 0 aliphatic carbocycles. The van der Waals surface area contributed by atoms with E-state index in [4.69, 9.17) is 21.0 Å². The molecule has 0 bridgehead atoms. The van der Waals surface area contributed by atoms with Gasteiger partial charge in [0.2, 0.25) is 11.5 Å². The van der Waals surface area contributed by atoms with E-state index in [1.54, 1.807) is 0 Å². The first-order chi connectivity index (χ1) is 18.5. The number of nitrogens with one attached hydrogen (secondary N) is 1. The Morgan fingerprint density at radius 1 is 1.27 bits per heavy atom. The number of nitrogen functional groups attached to an aromatic ring is 1. The van der Waals surface area contributed by atoms with Gasteiger partial charge in [0.05, 0.1) is 4.92 Å². The summed E-state index contributed by atoms with van der Waals surface area (Å²) in [6.07, 6.45) is 0. The van der Waals surface area contributed by atoms with Gasteiger partial charge in [-0.3, -0.25) is 24.5 Å². The van der Waals surface area contributed by atoms with Crippen LogP contribution in [0, 0.1) is 10.1 Å². The number of anilines is 1. The van der Waals surface area contributed by atoms with Crippen LogP contribution < -0.4 is 46.3 Å². The number of oxime groups is 1. The quantitative estimate of drug-likeness (QED) is 0.0406. The number of hydrogen-bond donors (Lipinski definition) is 3. The van der Waals surface area contributed by atoms with Crippen LogP contribution in [0.25, 0.3) is 0 Å². The van der Waals surface area contributed by atoms with Gasteiger partial charge in [-0.1, -0.05) is 5.16 Å². The first-order valence-corrected chi connectivity index (χ1v) is 13.0. The Kier molecular flexibility index (Phi) is 10.5. The standard InChI is InChI=1S/C20H21N7O11S2.Na/c1-20(2,18(31)37-7-9-3-5-10(6-4-9)27(32)33)38-25-12(11-8-39-19(22)23-11)16(29)24-13-14(15(21)28)26(17(13)30)40(34,35)36;/h3-6,8,13-14H,7H2,1-2H3,(H2,21,28)(H2,22,23)(H,24,29)(H,34,35,36);/q;+1/p-1/b25-12-;/t13-,14+;/m1./s1. The molecule has 0 radical (unpaired) electrons. The number of aromatic nitrogens is 1. The summed E-state index contributed by atoms with van der Waals surface area (Å²) in [5.41, 5.74) is 8.34. The molecule has 0 spiro atoms. The second kappa shape index (κ2) is 12.9. The Balaban J connectivity index is 0.00000588. The number of primary amides is 1. The fourth-order valence-corrected chi connectivity index (χ4v) is 4.56. The summed E-state index contributed by atoms with van der Waals surface area (Å²) in [6, 6.07) is 1.39. The third-order valence-corrected chi connectivity index (χ3v) is 6.79. The molecular formula is C20H20N7NaO11S2. The largest absolute Gasteiger partial charge is 1.00 e. The van der Waals surface area contributed by atoms with Crippen LogP contribution in [0.1, 0.15) is 25.1 Å². The van der Waals surface area contributed by atoms with Crippen LogP contribution >= 0.6 is 11.3 Å². The molecule has 1 aliphatic heterocycles. The number of hydrogen-bond acceptors (Lipinski definition) is 15. The predicted molar refractivity (Wildman–Crippen MR) is 133 cm³/mol. The van der Waals surface area contributed by atoms with Gasteiger partial charge in [-0.05, 0) is 31.5 Å². The molecule has 2 atom stereocenters. The number of nitro groups is 1. The second-order valence-corrected chi connectivity index (χ2v) is 10.6. The third kappa shape index (κ3) is 7.74. The van der Waals surface area contributed by atoms with E-state index >= 15 is 0 Å². The molecule has 5 N–H and O–H groups in total. The van der Waals surface area contributed by atoms with Gasteiger partial charge in [-0.25, -0.2) is 22.5 Å². The van der Waals surface area contributed by atoms with E-state index in [0.29, 0.717) is 5.56 Å². The smallest absolute Gasteiger partial charge is 0.731 e. The summed E-state index contributed by atoms with van der Waals surface area (Å²) in [6.45, 7) is 2.21. The van der Waals surface area contributed by atoms with E-state index in [1.807, 2.05) is 5.32 Å². The van der Waals surface area contributed by atoms with Crippen molar-refractivity contribution in [3.05, 3.63) is 51.0 Å². The Hall–Kier alpha value is -3.69. The van der Waals surface area contributed by atoms with Crippen LogP contribution in [0.5, 0.6) is 0 Å². The van der Waals surface area contributed by atoms with Crippen molar-refractivity contribution in [3.8, 4) is 0 Å². The zero-order valence-corrected chi connectivity index (χ0v) is 25.1. The number of nitrogens with zero attached hydrogens (tertiary/aromatic N) is 4. The summed E-state index contributed by atoms with van der Waals surface area (Å²) in [5.74, 6) is -4.96. The average Bonchev–Trinajstić information content (AvgIpc) is 3.28. The number of carbonyl (C=O) groups is 4. The first-order valence-electron chi connectivity index (χ1n) is 10.8. The molecule has 0 unspecified atom stereocenters. The number of carbonyl (C=O) groups excluding carboxylic acids is 4. The zero-order chi connectivity index (χ0) is 30.0. The topological polar surface area (TPSA) is 280 Å². The van der Waals surface area contributed by atoms with Crippen molar-refractivity contribution >= 4 is 61.9 Å². The van der Waals surface area contributed by atoms with Gasteiger partial charge in [-0.2, -0.15) is 0 Å². The summed E-state index contributed by atoms with van der Waals surface area (Å²) in [7, 11) is -5.40. The van der Waals surface area contributed by atoms with Crippen LogP contribution in [0.4, 0.5) is 10.8 Å². The number of esters is 1. The Bertz CT molecular complexity index is 1510. The number of amides is 3. The molecule has 0 saturated carbocycles. The fraction of sp³-hybridized carbons (Fsp3) is 0.300. The maximum atomic E-state index is 13.0. The van der Waals surface area contributed by atoms with Crippen LogP contribution in [0.3, 0.4) is 0 Å². The fourth-order valence-electron chi connectivity index (χ4n) is 3.18. The maximum absolute atomic E-state index is 13.0. The van der Waals surface area contributed by atoms with Crippen molar-refractivity contribution in [1.29, 1.82) is 0 Å². The van der Waals surface area contributed by atoms with Crippen LogP contribution in [-0.4, -0.2) is 74.3 Å². The molecule has 2 heterocycles. The summed E-state index contributed by atoms with van der Waals surface area (Å²) < 4.78 is 38.7. The molecule has 1 saturated heterocycles. The predicted octanol–water partition coefficient (Wildman–Crippen LogP) is -4.48. The minimum Gasteiger partial charge on any atom is -0.731 e. The molecule has 3 amide bonds. The van der Waals surface area contributed by atoms with Crippen molar-refractivity contribution in [2.24, 2.45) is 10.9 Å². The van der Waals surface area contributed by atoms with E-state index in [0.717, 1.165) is 11.3 Å². The molecule has 18 nitrogen and oxygen atoms in total. The molecule has 1 aromatic heterocycles. The minimum atomic E-state index is -5.40. The number of β-lactam (4-membered cyclic amide) rings is 1. The normalized spacial score (nSPS) is 17.1. The van der Waals surface area contributed by atoms with Crippen LogP contribution in [-0.2, 0) is 45.7 Å². The van der Waals surface area contributed by atoms with Gasteiger partial charge >= 0.3 is 35.5 Å². The molecule has 21 heteroatoms. The van der Waals surface area contributed by atoms with Crippen molar-refractivity contribution in [1.82, 2.24) is 14.6 Å². The number of nitrogens with two attached hydrogens (primary N) is 2. The number of rotatable bonds is 11. The summed E-state index contributed by atoms with van der Waals surface area (Å²) in [4.78, 5) is 68.8. The average molecular weight is 622 g/mol. The Morgan fingerprint density at radius 3 is 2.37 bits per heavy atom. The minimum absolute atomic E-state index is 0. The Morgan fingerprint density at radius 2 is 1.88 bits per heavy atom. The number of ether oxygens (including phenoxy) is 1. The molecule has 1 fully saturated rings. The van der Waals surface area contributed by atoms with Crippen molar-refractivity contribution in [2.75, 3.05) is 5.73 Å². The van der Waals surface area contributed by atoms with Gasteiger partial charge in [0.15, 0.2) is 27.2 Å². The monoisotopic (exact) mass is 621 g/mol.